The number of carbonyl (C=O) groups excluding carboxylic acids is 1. The van der Waals surface area contributed by atoms with Gasteiger partial charge in [0.2, 0.25) is 0 Å². The van der Waals surface area contributed by atoms with Crippen molar-refractivity contribution in [2.75, 3.05) is 6.61 Å². The summed E-state index contributed by atoms with van der Waals surface area (Å²) in [5.41, 5.74) is 0. The zero-order chi connectivity index (χ0) is 8.72. The van der Waals surface area contributed by atoms with E-state index < -0.39 is 0 Å². The Labute approximate surface area is 73.3 Å². The second-order valence-corrected chi connectivity index (χ2v) is 4.35. The molecule has 2 aliphatic rings. The van der Waals surface area contributed by atoms with Crippen LogP contribution in [0.25, 0.3) is 0 Å². The van der Waals surface area contributed by atoms with Crippen molar-refractivity contribution < 1.29 is 9.53 Å². The third kappa shape index (κ3) is 1.05. The van der Waals surface area contributed by atoms with Gasteiger partial charge in [-0.1, -0.05) is 13.8 Å². The van der Waals surface area contributed by atoms with Gasteiger partial charge in [0.25, 0.3) is 0 Å². The molecule has 0 bridgehead atoms. The number of hydrogen-bond acceptors (Lipinski definition) is 2. The molecule has 0 radical (unpaired) electrons. The van der Waals surface area contributed by atoms with Crippen LogP contribution in [0.15, 0.2) is 0 Å². The zero-order valence-corrected chi connectivity index (χ0v) is 7.75. The Kier molecular flexibility index (Phi) is 1.85. The number of ether oxygens (including phenoxy) is 1. The van der Waals surface area contributed by atoms with E-state index in [1.165, 1.54) is 12.8 Å². The van der Waals surface area contributed by atoms with E-state index in [0.29, 0.717) is 24.4 Å². The van der Waals surface area contributed by atoms with Gasteiger partial charge < -0.3 is 4.74 Å². The monoisotopic (exact) mass is 168 g/mol. The molecule has 1 aliphatic carbocycles. The molecule has 2 fully saturated rings. The number of esters is 1. The van der Waals surface area contributed by atoms with E-state index in [1.807, 2.05) is 0 Å². The van der Waals surface area contributed by atoms with Crippen LogP contribution in [0.5, 0.6) is 0 Å². The summed E-state index contributed by atoms with van der Waals surface area (Å²) in [6.07, 6.45) is 2.43. The lowest BCUT2D eigenvalue weighted by Crippen LogP contribution is -2.37. The summed E-state index contributed by atoms with van der Waals surface area (Å²) in [6.45, 7) is 5.01. The topological polar surface area (TPSA) is 26.3 Å². The van der Waals surface area contributed by atoms with E-state index in [2.05, 4.69) is 13.8 Å². The summed E-state index contributed by atoms with van der Waals surface area (Å²) in [5, 5.41) is 0. The van der Waals surface area contributed by atoms with E-state index in [4.69, 9.17) is 4.74 Å². The van der Waals surface area contributed by atoms with Crippen LogP contribution in [0, 0.1) is 23.7 Å². The maximum Gasteiger partial charge on any atom is 0.309 e. The number of carbonyl (C=O) groups is 1. The third-order valence-corrected chi connectivity index (χ3v) is 3.52. The molecule has 1 heterocycles. The summed E-state index contributed by atoms with van der Waals surface area (Å²) in [6, 6.07) is 0. The fourth-order valence-electron chi connectivity index (χ4n) is 2.72. The molecule has 1 saturated heterocycles. The molecule has 68 valence electrons. The van der Waals surface area contributed by atoms with Gasteiger partial charge in [0.1, 0.15) is 0 Å². The standard InChI is InChI=1S/C10H16O2/c1-6-3-4-8-7(2)5-12-10(11)9(6)8/h6-9H,3-5H2,1-2H3/t6-,7+,8-,9+/m0/s1. The minimum atomic E-state index is 0.0584. The average molecular weight is 168 g/mol. The smallest absolute Gasteiger partial charge is 0.309 e. The minimum absolute atomic E-state index is 0.0584. The highest BCUT2D eigenvalue weighted by molar-refractivity contribution is 5.74. The van der Waals surface area contributed by atoms with E-state index in [1.54, 1.807) is 0 Å². The summed E-state index contributed by atoms with van der Waals surface area (Å²) in [4.78, 5) is 11.4. The van der Waals surface area contributed by atoms with E-state index >= 15 is 0 Å². The fourth-order valence-corrected chi connectivity index (χ4v) is 2.72. The van der Waals surface area contributed by atoms with Crippen LogP contribution in [0.3, 0.4) is 0 Å². The molecule has 0 N–H and O–H groups in total. The minimum Gasteiger partial charge on any atom is -0.465 e. The Morgan fingerprint density at radius 3 is 2.67 bits per heavy atom. The molecule has 0 aromatic carbocycles. The SMILES string of the molecule is C[C@@H]1COC(=O)[C@H]2[C@H]1CC[C@@H]2C. The van der Waals surface area contributed by atoms with Crippen LogP contribution >= 0.6 is 0 Å². The van der Waals surface area contributed by atoms with Crippen molar-refractivity contribution in [2.24, 2.45) is 23.7 Å². The van der Waals surface area contributed by atoms with Gasteiger partial charge in [0.05, 0.1) is 12.5 Å². The van der Waals surface area contributed by atoms with E-state index in [9.17, 15) is 4.79 Å². The number of fused-ring (bicyclic) bond motifs is 1. The van der Waals surface area contributed by atoms with Crippen molar-refractivity contribution >= 4 is 5.97 Å². The first kappa shape index (κ1) is 8.09. The molecular formula is C10H16O2. The van der Waals surface area contributed by atoms with Crippen molar-refractivity contribution in [3.8, 4) is 0 Å². The Morgan fingerprint density at radius 1 is 1.25 bits per heavy atom. The molecule has 2 nitrogen and oxygen atoms in total. The molecule has 2 rings (SSSR count). The van der Waals surface area contributed by atoms with Crippen LogP contribution in [0.4, 0.5) is 0 Å². The molecule has 0 unspecified atom stereocenters. The summed E-state index contributed by atoms with van der Waals surface area (Å²) in [5.74, 6) is 2.01. The summed E-state index contributed by atoms with van der Waals surface area (Å²) >= 11 is 0. The molecule has 2 heteroatoms. The molecule has 1 saturated carbocycles. The van der Waals surface area contributed by atoms with Crippen molar-refractivity contribution in [1.82, 2.24) is 0 Å². The lowest BCUT2D eigenvalue weighted by atomic mass is 9.81. The van der Waals surface area contributed by atoms with Gasteiger partial charge in [0, 0.05) is 0 Å². The first-order valence-electron chi connectivity index (χ1n) is 4.87. The van der Waals surface area contributed by atoms with Crippen LogP contribution < -0.4 is 0 Å². The number of hydrogen-bond donors (Lipinski definition) is 0. The van der Waals surface area contributed by atoms with Crippen LogP contribution in [-0.2, 0) is 9.53 Å². The molecule has 0 spiro atoms. The molecule has 0 aromatic heterocycles. The maximum absolute atomic E-state index is 11.4. The van der Waals surface area contributed by atoms with Crippen molar-refractivity contribution in [3.63, 3.8) is 0 Å². The van der Waals surface area contributed by atoms with Crippen molar-refractivity contribution in [1.29, 1.82) is 0 Å². The quantitative estimate of drug-likeness (QED) is 0.516. The lowest BCUT2D eigenvalue weighted by Gasteiger charge is -2.31. The summed E-state index contributed by atoms with van der Waals surface area (Å²) < 4.78 is 5.14. The van der Waals surface area contributed by atoms with Gasteiger partial charge in [-0.25, -0.2) is 0 Å². The molecule has 1 aliphatic heterocycles. The maximum atomic E-state index is 11.4. The third-order valence-electron chi connectivity index (χ3n) is 3.52. The van der Waals surface area contributed by atoms with Gasteiger partial charge >= 0.3 is 5.97 Å². The Hall–Kier alpha value is -0.530. The van der Waals surface area contributed by atoms with Gasteiger partial charge in [0.15, 0.2) is 0 Å². The lowest BCUT2D eigenvalue weighted by molar-refractivity contribution is -0.160. The van der Waals surface area contributed by atoms with Gasteiger partial charge in [-0.2, -0.15) is 0 Å². The number of rotatable bonds is 0. The fraction of sp³-hybridized carbons (Fsp3) is 0.900. The highest BCUT2D eigenvalue weighted by Gasteiger charge is 2.45. The second kappa shape index (κ2) is 2.75. The molecule has 4 atom stereocenters. The highest BCUT2D eigenvalue weighted by Crippen LogP contribution is 2.44. The van der Waals surface area contributed by atoms with Crippen LogP contribution in [0.2, 0.25) is 0 Å². The summed E-state index contributed by atoms with van der Waals surface area (Å²) in [7, 11) is 0. The first-order valence-corrected chi connectivity index (χ1v) is 4.87. The predicted molar refractivity (Wildman–Crippen MR) is 45.5 cm³/mol. The molecule has 0 amide bonds. The van der Waals surface area contributed by atoms with Crippen molar-refractivity contribution in [2.45, 2.75) is 26.7 Å². The zero-order valence-electron chi connectivity index (χ0n) is 7.75. The molecular weight excluding hydrogens is 152 g/mol. The Bertz CT molecular complexity index is 200. The average Bonchev–Trinajstić information content (AvgIpc) is 2.42. The Morgan fingerprint density at radius 2 is 2.00 bits per heavy atom. The van der Waals surface area contributed by atoms with Crippen LogP contribution in [0.1, 0.15) is 26.7 Å². The molecule has 12 heavy (non-hydrogen) atoms. The second-order valence-electron chi connectivity index (χ2n) is 4.35. The van der Waals surface area contributed by atoms with Crippen molar-refractivity contribution in [3.05, 3.63) is 0 Å². The normalized spacial score (nSPS) is 47.0. The predicted octanol–water partition coefficient (Wildman–Crippen LogP) is 1.84. The van der Waals surface area contributed by atoms with E-state index in [0.717, 1.165) is 0 Å². The molecule has 0 aromatic rings. The largest absolute Gasteiger partial charge is 0.465 e. The Balaban J connectivity index is 2.18. The van der Waals surface area contributed by atoms with Gasteiger partial charge in [-0.05, 0) is 30.6 Å². The first-order chi connectivity index (χ1) is 5.70. The van der Waals surface area contributed by atoms with Gasteiger partial charge in [-0.15, -0.1) is 0 Å². The van der Waals surface area contributed by atoms with E-state index in [-0.39, 0.29) is 11.9 Å². The highest BCUT2D eigenvalue weighted by atomic mass is 16.5. The number of cyclic esters (lactones) is 1. The van der Waals surface area contributed by atoms with Crippen LogP contribution in [-0.4, -0.2) is 12.6 Å². The van der Waals surface area contributed by atoms with Gasteiger partial charge in [-0.3, -0.25) is 4.79 Å².